The number of halogens is 3. The van der Waals surface area contributed by atoms with E-state index in [0.717, 1.165) is 12.1 Å². The molecule has 0 fully saturated rings. The molecule has 0 amide bonds. The lowest BCUT2D eigenvalue weighted by molar-refractivity contribution is 0.501. The second kappa shape index (κ2) is 4.72. The van der Waals surface area contributed by atoms with Crippen molar-refractivity contribution < 1.29 is 12.9 Å². The highest BCUT2D eigenvalue weighted by Gasteiger charge is 2.26. The minimum absolute atomic E-state index is 0.00301. The van der Waals surface area contributed by atoms with Crippen LogP contribution in [0.25, 0.3) is 10.4 Å². The van der Waals surface area contributed by atoms with Crippen molar-refractivity contribution in [1.82, 2.24) is 0 Å². The van der Waals surface area contributed by atoms with E-state index < -0.39 is 12.4 Å². The zero-order valence-corrected chi connectivity index (χ0v) is 9.26. The zero-order valence-electron chi connectivity index (χ0n) is 8.36. The van der Waals surface area contributed by atoms with Crippen LogP contribution < -0.4 is 5.46 Å². The average Bonchev–Trinajstić information content (AvgIpc) is 2.19. The van der Waals surface area contributed by atoms with Crippen LogP contribution in [-0.4, -0.2) is 6.98 Å². The van der Waals surface area contributed by atoms with Crippen molar-refractivity contribution >= 4 is 30.8 Å². The molecule has 0 aliphatic heterocycles. The first-order valence-electron chi connectivity index (χ1n) is 4.39. The Labute approximate surface area is 95.8 Å². The maximum Gasteiger partial charge on any atom is 0.509 e. The molecule has 0 radical (unpaired) electrons. The SMILES string of the molecule is Cc1c(CS)cc([B-](F)(F)F)cc1N=[N+]=[N-]. The predicted molar refractivity (Wildman–Crippen MR) is 61.4 cm³/mol. The number of hydrogen-bond acceptors (Lipinski definition) is 2. The molecule has 0 bridgehead atoms. The number of hydrogen-bond donors (Lipinski definition) is 1. The lowest BCUT2D eigenvalue weighted by Crippen LogP contribution is -2.34. The minimum Gasteiger partial charge on any atom is -0.445 e. The van der Waals surface area contributed by atoms with E-state index in [1.165, 1.54) is 0 Å². The molecule has 0 saturated carbocycles. The summed E-state index contributed by atoms with van der Waals surface area (Å²) >= 11 is 3.94. The molecular formula is C8H8BF3N3S-. The molecule has 0 aliphatic carbocycles. The van der Waals surface area contributed by atoms with E-state index in [9.17, 15) is 12.9 Å². The quantitative estimate of drug-likeness (QED) is 0.279. The predicted octanol–water partition coefficient (Wildman–Crippen LogP) is 3.42. The van der Waals surface area contributed by atoms with E-state index in [1.54, 1.807) is 6.92 Å². The van der Waals surface area contributed by atoms with Crippen LogP contribution in [0.1, 0.15) is 11.1 Å². The first-order chi connectivity index (χ1) is 7.40. The fraction of sp³-hybridized carbons (Fsp3) is 0.250. The molecule has 0 unspecified atom stereocenters. The van der Waals surface area contributed by atoms with Gasteiger partial charge >= 0.3 is 6.98 Å². The van der Waals surface area contributed by atoms with Gasteiger partial charge in [-0.15, -0.1) is 5.46 Å². The van der Waals surface area contributed by atoms with Gasteiger partial charge in [-0.05, 0) is 23.6 Å². The van der Waals surface area contributed by atoms with E-state index in [1.807, 2.05) is 0 Å². The van der Waals surface area contributed by atoms with Crippen LogP contribution in [0, 0.1) is 6.92 Å². The summed E-state index contributed by atoms with van der Waals surface area (Å²) in [5.74, 6) is 0.166. The van der Waals surface area contributed by atoms with Crippen molar-refractivity contribution in [3.05, 3.63) is 33.7 Å². The summed E-state index contributed by atoms with van der Waals surface area (Å²) < 4.78 is 37.7. The molecule has 0 atom stereocenters. The van der Waals surface area contributed by atoms with Crippen LogP contribution >= 0.6 is 12.6 Å². The molecule has 86 valence electrons. The average molecular weight is 246 g/mol. The summed E-state index contributed by atoms with van der Waals surface area (Å²) in [5, 5.41) is 3.25. The van der Waals surface area contributed by atoms with Crippen molar-refractivity contribution in [1.29, 1.82) is 0 Å². The van der Waals surface area contributed by atoms with Crippen molar-refractivity contribution in [2.24, 2.45) is 5.11 Å². The van der Waals surface area contributed by atoms with Crippen molar-refractivity contribution in [3.8, 4) is 0 Å². The third-order valence-corrected chi connectivity index (χ3v) is 2.55. The highest BCUT2D eigenvalue weighted by molar-refractivity contribution is 7.79. The van der Waals surface area contributed by atoms with Gasteiger partial charge in [-0.1, -0.05) is 17.2 Å². The van der Waals surface area contributed by atoms with Gasteiger partial charge in [0.05, 0.1) is 0 Å². The Balaban J connectivity index is 3.46. The van der Waals surface area contributed by atoms with Gasteiger partial charge in [-0.3, -0.25) is 0 Å². The van der Waals surface area contributed by atoms with Gasteiger partial charge in [0.1, 0.15) is 0 Å². The van der Waals surface area contributed by atoms with Gasteiger partial charge in [0, 0.05) is 16.4 Å². The van der Waals surface area contributed by atoms with E-state index in [2.05, 4.69) is 22.7 Å². The van der Waals surface area contributed by atoms with Gasteiger partial charge in [-0.25, -0.2) is 0 Å². The Hall–Kier alpha value is -1.27. The molecule has 0 heterocycles. The van der Waals surface area contributed by atoms with Crippen LogP contribution in [0.4, 0.5) is 18.6 Å². The Morgan fingerprint density at radius 1 is 1.44 bits per heavy atom. The summed E-state index contributed by atoms with van der Waals surface area (Å²) in [6.07, 6.45) is 0. The fourth-order valence-electron chi connectivity index (χ4n) is 1.29. The second-order valence-electron chi connectivity index (χ2n) is 3.25. The molecule has 0 N–H and O–H groups in total. The number of azide groups is 1. The fourth-order valence-corrected chi connectivity index (χ4v) is 1.62. The van der Waals surface area contributed by atoms with Gasteiger partial charge in [0.2, 0.25) is 0 Å². The normalized spacial score (nSPS) is 11.1. The van der Waals surface area contributed by atoms with Gasteiger partial charge in [0.25, 0.3) is 0 Å². The summed E-state index contributed by atoms with van der Waals surface area (Å²) in [7, 11) is 0. The highest BCUT2D eigenvalue weighted by atomic mass is 32.1. The topological polar surface area (TPSA) is 48.8 Å². The number of nitrogens with zero attached hydrogens (tertiary/aromatic N) is 3. The third-order valence-electron chi connectivity index (χ3n) is 2.21. The summed E-state index contributed by atoms with van der Waals surface area (Å²) in [4.78, 5) is 2.50. The van der Waals surface area contributed by atoms with Gasteiger partial charge in [0.15, 0.2) is 0 Å². The summed E-state index contributed by atoms with van der Waals surface area (Å²) in [5.41, 5.74) is 8.44. The lowest BCUT2D eigenvalue weighted by atomic mass is 9.78. The Kier molecular flexibility index (Phi) is 3.77. The lowest BCUT2D eigenvalue weighted by Gasteiger charge is -2.18. The standard InChI is InChI=1S/C8H8BF3N3S/c1-5-6(4-16)2-7(9(10,11)12)3-8(5)14-15-13/h2-3,16H,4H2,1H3/q-1. The van der Waals surface area contributed by atoms with Crippen LogP contribution in [0.2, 0.25) is 0 Å². The highest BCUT2D eigenvalue weighted by Crippen LogP contribution is 2.24. The van der Waals surface area contributed by atoms with E-state index in [0.29, 0.717) is 11.1 Å². The van der Waals surface area contributed by atoms with Crippen LogP contribution in [0.3, 0.4) is 0 Å². The minimum atomic E-state index is -5.10. The number of thiol groups is 1. The van der Waals surface area contributed by atoms with E-state index >= 15 is 0 Å². The Morgan fingerprint density at radius 2 is 2.06 bits per heavy atom. The second-order valence-corrected chi connectivity index (χ2v) is 3.56. The monoisotopic (exact) mass is 246 g/mol. The summed E-state index contributed by atoms with van der Waals surface area (Å²) in [6, 6.07) is 1.90. The molecule has 3 nitrogen and oxygen atoms in total. The first-order valence-corrected chi connectivity index (χ1v) is 5.02. The maximum atomic E-state index is 12.6. The third kappa shape index (κ3) is 2.65. The molecule has 0 aromatic heterocycles. The molecular weight excluding hydrogens is 238 g/mol. The number of rotatable bonds is 3. The molecule has 0 aliphatic rings. The maximum absolute atomic E-state index is 12.6. The Bertz CT molecular complexity index is 455. The van der Waals surface area contributed by atoms with E-state index in [-0.39, 0.29) is 11.4 Å². The largest absolute Gasteiger partial charge is 0.509 e. The summed E-state index contributed by atoms with van der Waals surface area (Å²) in [6.45, 7) is -3.50. The number of benzene rings is 1. The molecule has 1 aromatic carbocycles. The molecule has 8 heteroatoms. The molecule has 1 aromatic rings. The van der Waals surface area contributed by atoms with Crippen LogP contribution in [-0.2, 0) is 5.75 Å². The van der Waals surface area contributed by atoms with E-state index in [4.69, 9.17) is 5.53 Å². The van der Waals surface area contributed by atoms with Crippen LogP contribution in [0.5, 0.6) is 0 Å². The smallest absolute Gasteiger partial charge is 0.445 e. The van der Waals surface area contributed by atoms with Crippen molar-refractivity contribution in [2.75, 3.05) is 0 Å². The molecule has 16 heavy (non-hydrogen) atoms. The first kappa shape index (κ1) is 12.8. The van der Waals surface area contributed by atoms with Crippen molar-refractivity contribution in [2.45, 2.75) is 12.7 Å². The molecule has 0 saturated heterocycles. The van der Waals surface area contributed by atoms with Crippen molar-refractivity contribution in [3.63, 3.8) is 0 Å². The molecule has 0 spiro atoms. The van der Waals surface area contributed by atoms with Crippen LogP contribution in [0.15, 0.2) is 17.2 Å². The Morgan fingerprint density at radius 3 is 2.50 bits per heavy atom. The molecule has 1 rings (SSSR count). The van der Waals surface area contributed by atoms with Gasteiger partial charge < -0.3 is 12.9 Å². The zero-order chi connectivity index (χ0) is 12.3. The van der Waals surface area contributed by atoms with Gasteiger partial charge in [-0.2, -0.15) is 12.6 Å².